The Morgan fingerprint density at radius 1 is 1.08 bits per heavy atom. The van der Waals surface area contributed by atoms with Crippen LogP contribution in [0.25, 0.3) is 10.8 Å². The average molecular weight is 374 g/mol. The maximum Gasteiger partial charge on any atom is 0.131 e. The lowest BCUT2D eigenvalue weighted by Gasteiger charge is -2.16. The molecule has 0 bridgehead atoms. The third-order valence-electron chi connectivity index (χ3n) is 4.17. The molecular formula is C21H21ClFNO2. The fourth-order valence-corrected chi connectivity index (χ4v) is 3.08. The number of aliphatic hydroxyl groups is 1. The van der Waals surface area contributed by atoms with E-state index in [0.717, 1.165) is 16.3 Å². The molecule has 2 N–H and O–H groups in total. The Morgan fingerprint density at radius 2 is 1.88 bits per heavy atom. The van der Waals surface area contributed by atoms with Crippen molar-refractivity contribution in [3.05, 3.63) is 76.6 Å². The van der Waals surface area contributed by atoms with E-state index in [1.54, 1.807) is 19.1 Å². The molecule has 0 saturated carbocycles. The molecule has 0 aliphatic carbocycles. The first kappa shape index (κ1) is 18.6. The van der Waals surface area contributed by atoms with E-state index in [1.807, 2.05) is 36.4 Å². The Hall–Kier alpha value is -2.14. The Morgan fingerprint density at radius 3 is 2.65 bits per heavy atom. The number of rotatable bonds is 7. The lowest BCUT2D eigenvalue weighted by Crippen LogP contribution is -2.24. The van der Waals surface area contributed by atoms with Gasteiger partial charge < -0.3 is 15.2 Å². The summed E-state index contributed by atoms with van der Waals surface area (Å²) in [7, 11) is 0. The van der Waals surface area contributed by atoms with E-state index >= 15 is 0 Å². The normalized spacial score (nSPS) is 12.3. The van der Waals surface area contributed by atoms with Gasteiger partial charge in [-0.2, -0.15) is 0 Å². The second-order valence-corrected chi connectivity index (χ2v) is 6.64. The van der Waals surface area contributed by atoms with Gasteiger partial charge in [-0.15, -0.1) is 0 Å². The van der Waals surface area contributed by atoms with E-state index in [-0.39, 0.29) is 12.4 Å². The van der Waals surface area contributed by atoms with Crippen LogP contribution in [0.3, 0.4) is 0 Å². The molecule has 0 saturated heterocycles. The summed E-state index contributed by atoms with van der Waals surface area (Å²) in [5.74, 6) is 0.285. The predicted molar refractivity (Wildman–Crippen MR) is 103 cm³/mol. The van der Waals surface area contributed by atoms with Gasteiger partial charge >= 0.3 is 0 Å². The van der Waals surface area contributed by atoms with E-state index in [2.05, 4.69) is 5.32 Å². The Kier molecular flexibility index (Phi) is 6.09. The fourth-order valence-electron chi connectivity index (χ4n) is 2.86. The van der Waals surface area contributed by atoms with Crippen molar-refractivity contribution in [1.29, 1.82) is 0 Å². The quantitative estimate of drug-likeness (QED) is 0.631. The van der Waals surface area contributed by atoms with E-state index in [9.17, 15) is 9.50 Å². The zero-order chi connectivity index (χ0) is 18.5. The van der Waals surface area contributed by atoms with Crippen molar-refractivity contribution in [2.24, 2.45) is 0 Å². The minimum absolute atomic E-state index is 0.0489. The lowest BCUT2D eigenvalue weighted by molar-refractivity contribution is 0.190. The van der Waals surface area contributed by atoms with Crippen molar-refractivity contribution in [2.45, 2.75) is 26.2 Å². The van der Waals surface area contributed by atoms with Crippen LogP contribution in [-0.2, 0) is 13.2 Å². The van der Waals surface area contributed by atoms with Crippen LogP contribution < -0.4 is 10.1 Å². The van der Waals surface area contributed by atoms with Crippen molar-refractivity contribution in [3.63, 3.8) is 0 Å². The molecule has 0 spiro atoms. The minimum Gasteiger partial charge on any atom is -0.488 e. The van der Waals surface area contributed by atoms with Gasteiger partial charge in [-0.05, 0) is 35.9 Å². The molecule has 3 aromatic rings. The maximum absolute atomic E-state index is 14.0. The summed E-state index contributed by atoms with van der Waals surface area (Å²) >= 11 is 6.09. The Balaban J connectivity index is 1.89. The molecule has 0 aliphatic rings. The molecule has 3 rings (SSSR count). The van der Waals surface area contributed by atoms with Crippen molar-refractivity contribution in [3.8, 4) is 5.75 Å². The number of hydrogen-bond acceptors (Lipinski definition) is 3. The van der Waals surface area contributed by atoms with Crippen LogP contribution in [0, 0.1) is 5.82 Å². The van der Waals surface area contributed by atoms with Crippen LogP contribution in [0.1, 0.15) is 18.1 Å². The number of ether oxygens (including phenoxy) is 1. The third-order valence-corrected chi connectivity index (χ3v) is 4.53. The average Bonchev–Trinajstić information content (AvgIpc) is 2.62. The zero-order valence-electron chi connectivity index (χ0n) is 14.5. The first-order chi connectivity index (χ1) is 12.6. The Labute approximate surface area is 157 Å². The predicted octanol–water partition coefficient (Wildman–Crippen LogP) is 4.68. The number of benzene rings is 3. The van der Waals surface area contributed by atoms with E-state index < -0.39 is 6.10 Å². The van der Waals surface area contributed by atoms with Crippen LogP contribution >= 0.6 is 11.6 Å². The molecule has 5 heteroatoms. The molecule has 0 amide bonds. The highest BCUT2D eigenvalue weighted by molar-refractivity contribution is 6.31. The molecule has 0 heterocycles. The summed E-state index contributed by atoms with van der Waals surface area (Å²) in [6.45, 7) is 2.79. The van der Waals surface area contributed by atoms with Crippen LogP contribution in [0.2, 0.25) is 5.02 Å². The highest BCUT2D eigenvalue weighted by Gasteiger charge is 2.12. The smallest absolute Gasteiger partial charge is 0.131 e. The number of hydrogen-bond donors (Lipinski definition) is 2. The maximum atomic E-state index is 14.0. The fraction of sp³-hybridized carbons (Fsp3) is 0.238. The van der Waals surface area contributed by atoms with Gasteiger partial charge in [-0.1, -0.05) is 48.0 Å². The van der Waals surface area contributed by atoms with Gasteiger partial charge in [0.1, 0.15) is 18.2 Å². The van der Waals surface area contributed by atoms with E-state index in [0.29, 0.717) is 29.4 Å². The van der Waals surface area contributed by atoms with Crippen molar-refractivity contribution in [2.75, 3.05) is 6.54 Å². The Bertz CT molecular complexity index is 878. The van der Waals surface area contributed by atoms with Crippen LogP contribution in [0.15, 0.2) is 54.6 Å². The lowest BCUT2D eigenvalue weighted by atomic mass is 10.0. The molecule has 0 radical (unpaired) electrons. The molecule has 3 aromatic carbocycles. The molecular weight excluding hydrogens is 353 g/mol. The molecule has 136 valence electrons. The largest absolute Gasteiger partial charge is 0.488 e. The standard InChI is InChI=1S/C21H21ClFNO2/c1-14(25)11-24-12-17-16-6-3-2-5-15(16)9-10-21(17)26-13-18-19(22)7-4-8-20(18)23/h2-10,14,24-25H,11-13H2,1H3. The monoisotopic (exact) mass is 373 g/mol. The zero-order valence-corrected chi connectivity index (χ0v) is 15.3. The van der Waals surface area contributed by atoms with Gasteiger partial charge in [0.15, 0.2) is 0 Å². The molecule has 26 heavy (non-hydrogen) atoms. The summed E-state index contributed by atoms with van der Waals surface area (Å²) in [6, 6.07) is 16.5. The van der Waals surface area contributed by atoms with Crippen LogP contribution in [0.5, 0.6) is 5.75 Å². The number of halogens is 2. The summed E-state index contributed by atoms with van der Waals surface area (Å²) in [5, 5.41) is 15.2. The summed E-state index contributed by atoms with van der Waals surface area (Å²) in [4.78, 5) is 0. The van der Waals surface area contributed by atoms with Gasteiger partial charge in [0, 0.05) is 24.2 Å². The van der Waals surface area contributed by atoms with Gasteiger partial charge in [0.2, 0.25) is 0 Å². The van der Waals surface area contributed by atoms with Crippen LogP contribution in [-0.4, -0.2) is 17.8 Å². The van der Waals surface area contributed by atoms with Gasteiger partial charge in [-0.25, -0.2) is 4.39 Å². The molecule has 3 nitrogen and oxygen atoms in total. The minimum atomic E-state index is -0.438. The second kappa shape index (κ2) is 8.49. The van der Waals surface area contributed by atoms with Crippen molar-refractivity contribution < 1.29 is 14.2 Å². The summed E-state index contributed by atoms with van der Waals surface area (Å²) in [5.41, 5.74) is 1.31. The number of aliphatic hydroxyl groups excluding tert-OH is 1. The van der Waals surface area contributed by atoms with Crippen molar-refractivity contribution in [1.82, 2.24) is 5.32 Å². The highest BCUT2D eigenvalue weighted by Crippen LogP contribution is 2.30. The topological polar surface area (TPSA) is 41.5 Å². The van der Waals surface area contributed by atoms with Crippen molar-refractivity contribution >= 4 is 22.4 Å². The van der Waals surface area contributed by atoms with Crippen LogP contribution in [0.4, 0.5) is 4.39 Å². The number of fused-ring (bicyclic) bond motifs is 1. The molecule has 1 unspecified atom stereocenters. The van der Waals surface area contributed by atoms with E-state index in [1.165, 1.54) is 6.07 Å². The van der Waals surface area contributed by atoms with Gasteiger partial charge in [0.05, 0.1) is 11.1 Å². The number of nitrogens with one attached hydrogen (secondary N) is 1. The molecule has 0 aromatic heterocycles. The molecule has 0 fully saturated rings. The first-order valence-electron chi connectivity index (χ1n) is 8.51. The second-order valence-electron chi connectivity index (χ2n) is 6.23. The summed E-state index contributed by atoms with van der Waals surface area (Å²) in [6.07, 6.45) is -0.438. The van der Waals surface area contributed by atoms with Gasteiger partial charge in [0.25, 0.3) is 0 Å². The summed E-state index contributed by atoms with van der Waals surface area (Å²) < 4.78 is 19.9. The SMILES string of the molecule is CC(O)CNCc1c(OCc2c(F)cccc2Cl)ccc2ccccc12. The highest BCUT2D eigenvalue weighted by atomic mass is 35.5. The molecule has 1 atom stereocenters. The first-order valence-corrected chi connectivity index (χ1v) is 8.89. The third kappa shape index (κ3) is 4.33. The van der Waals surface area contributed by atoms with E-state index in [4.69, 9.17) is 16.3 Å². The molecule has 0 aliphatic heterocycles. The van der Waals surface area contributed by atoms with Gasteiger partial charge in [-0.3, -0.25) is 0 Å².